The third-order valence-electron chi connectivity index (χ3n) is 2.79. The molecule has 0 bridgehead atoms. The zero-order chi connectivity index (χ0) is 13.7. The van der Waals surface area contributed by atoms with Gasteiger partial charge in [0.15, 0.2) is 0 Å². The predicted molar refractivity (Wildman–Crippen MR) is 82.3 cm³/mol. The van der Waals surface area contributed by atoms with Crippen molar-refractivity contribution in [2.75, 3.05) is 14.1 Å². The van der Waals surface area contributed by atoms with E-state index in [-0.39, 0.29) is 0 Å². The number of hydrogen-bond donors (Lipinski definition) is 0. The van der Waals surface area contributed by atoms with Gasteiger partial charge in [0.05, 0.1) is 0 Å². The molecule has 0 N–H and O–H groups in total. The molecule has 0 saturated heterocycles. The highest BCUT2D eigenvalue weighted by molar-refractivity contribution is 9.10. The van der Waals surface area contributed by atoms with Crippen LogP contribution in [0, 0.1) is 0 Å². The highest BCUT2D eigenvalue weighted by atomic mass is 79.9. The number of halogens is 1. The molecule has 2 aromatic rings. The van der Waals surface area contributed by atoms with Crippen LogP contribution in [-0.4, -0.2) is 19.0 Å². The summed E-state index contributed by atoms with van der Waals surface area (Å²) in [4.78, 5) is 2.13. The van der Waals surface area contributed by atoms with Gasteiger partial charge in [-0.05, 0) is 31.8 Å². The average molecular weight is 320 g/mol. The van der Waals surface area contributed by atoms with Crippen LogP contribution in [0.4, 0.5) is 0 Å². The van der Waals surface area contributed by atoms with Crippen molar-refractivity contribution in [2.24, 2.45) is 0 Å². The smallest absolute Gasteiger partial charge is 0.125 e. The zero-order valence-corrected chi connectivity index (χ0v) is 12.9. The molecule has 2 aromatic carbocycles. The van der Waals surface area contributed by atoms with Gasteiger partial charge in [-0.15, -0.1) is 0 Å². The summed E-state index contributed by atoms with van der Waals surface area (Å²) in [5.41, 5.74) is 2.36. The topological polar surface area (TPSA) is 12.5 Å². The average Bonchev–Trinajstić information content (AvgIpc) is 2.40. The molecule has 0 aliphatic heterocycles. The molecule has 0 aliphatic rings. The summed E-state index contributed by atoms with van der Waals surface area (Å²) in [7, 11) is 4.11. The van der Waals surface area contributed by atoms with E-state index in [2.05, 4.69) is 47.1 Å². The molecule has 0 fully saturated rings. The van der Waals surface area contributed by atoms with E-state index >= 15 is 0 Å². The van der Waals surface area contributed by atoms with E-state index in [1.165, 1.54) is 11.1 Å². The molecular weight excluding hydrogens is 302 g/mol. The van der Waals surface area contributed by atoms with E-state index in [0.29, 0.717) is 6.61 Å². The maximum atomic E-state index is 5.95. The van der Waals surface area contributed by atoms with Crippen molar-refractivity contribution < 1.29 is 4.74 Å². The van der Waals surface area contributed by atoms with E-state index < -0.39 is 0 Å². The standard InChI is InChI=1S/C16H18BrNO/c1-18(2)11-14-15(17)9-6-10-16(14)19-12-13-7-4-3-5-8-13/h3-10H,11-12H2,1-2H3. The molecule has 3 heteroatoms. The van der Waals surface area contributed by atoms with Crippen LogP contribution in [0.25, 0.3) is 0 Å². The lowest BCUT2D eigenvalue weighted by atomic mass is 10.2. The van der Waals surface area contributed by atoms with Gasteiger partial charge in [-0.1, -0.05) is 52.3 Å². The number of ether oxygens (including phenoxy) is 1. The Hall–Kier alpha value is -1.32. The highest BCUT2D eigenvalue weighted by Gasteiger charge is 2.09. The first-order chi connectivity index (χ1) is 9.16. The summed E-state index contributed by atoms with van der Waals surface area (Å²) >= 11 is 3.60. The molecular formula is C16H18BrNO. The quantitative estimate of drug-likeness (QED) is 0.823. The van der Waals surface area contributed by atoms with Crippen LogP contribution in [0.5, 0.6) is 5.75 Å². The molecule has 19 heavy (non-hydrogen) atoms. The molecule has 0 aliphatic carbocycles. The number of hydrogen-bond acceptors (Lipinski definition) is 2. The van der Waals surface area contributed by atoms with Crippen molar-refractivity contribution >= 4 is 15.9 Å². The number of nitrogens with zero attached hydrogens (tertiary/aromatic N) is 1. The van der Waals surface area contributed by atoms with Crippen LogP contribution < -0.4 is 4.74 Å². The second kappa shape index (κ2) is 6.73. The minimum absolute atomic E-state index is 0.595. The van der Waals surface area contributed by atoms with Crippen LogP contribution in [0.15, 0.2) is 53.0 Å². The zero-order valence-electron chi connectivity index (χ0n) is 11.3. The normalized spacial score (nSPS) is 10.7. The largest absolute Gasteiger partial charge is 0.489 e. The van der Waals surface area contributed by atoms with Gasteiger partial charge < -0.3 is 9.64 Å². The summed E-state index contributed by atoms with van der Waals surface area (Å²) in [5.74, 6) is 0.937. The molecule has 2 nitrogen and oxygen atoms in total. The Balaban J connectivity index is 2.13. The summed E-state index contributed by atoms with van der Waals surface area (Å²) in [6.07, 6.45) is 0. The van der Waals surface area contributed by atoms with E-state index in [0.717, 1.165) is 16.8 Å². The van der Waals surface area contributed by atoms with Gasteiger partial charge in [-0.3, -0.25) is 0 Å². The first kappa shape index (κ1) is 14.1. The summed E-state index contributed by atoms with van der Waals surface area (Å²) < 4.78 is 7.04. The molecule has 0 atom stereocenters. The number of benzene rings is 2. The predicted octanol–water partition coefficient (Wildman–Crippen LogP) is 4.09. The number of rotatable bonds is 5. The lowest BCUT2D eigenvalue weighted by molar-refractivity contribution is 0.295. The summed E-state index contributed by atoms with van der Waals surface area (Å²) in [5, 5.41) is 0. The molecule has 0 spiro atoms. The van der Waals surface area contributed by atoms with Gasteiger partial charge in [0.1, 0.15) is 12.4 Å². The summed E-state index contributed by atoms with van der Waals surface area (Å²) in [6.45, 7) is 1.45. The van der Waals surface area contributed by atoms with Crippen molar-refractivity contribution in [1.29, 1.82) is 0 Å². The van der Waals surface area contributed by atoms with Crippen molar-refractivity contribution in [2.45, 2.75) is 13.2 Å². The fourth-order valence-electron chi connectivity index (χ4n) is 1.88. The van der Waals surface area contributed by atoms with Crippen molar-refractivity contribution in [3.8, 4) is 5.75 Å². The van der Waals surface area contributed by atoms with Gasteiger partial charge in [0.2, 0.25) is 0 Å². The third kappa shape index (κ3) is 4.08. The summed E-state index contributed by atoms with van der Waals surface area (Å²) in [6, 6.07) is 16.3. The van der Waals surface area contributed by atoms with Crippen LogP contribution in [-0.2, 0) is 13.2 Å². The molecule has 0 radical (unpaired) electrons. The van der Waals surface area contributed by atoms with Crippen molar-refractivity contribution in [3.63, 3.8) is 0 Å². The lowest BCUT2D eigenvalue weighted by Gasteiger charge is -2.16. The van der Waals surface area contributed by atoms with E-state index in [4.69, 9.17) is 4.74 Å². The van der Waals surface area contributed by atoms with Gasteiger partial charge in [-0.2, -0.15) is 0 Å². The molecule has 100 valence electrons. The van der Waals surface area contributed by atoms with E-state index in [1.54, 1.807) is 0 Å². The monoisotopic (exact) mass is 319 g/mol. The van der Waals surface area contributed by atoms with E-state index in [9.17, 15) is 0 Å². The van der Waals surface area contributed by atoms with E-state index in [1.807, 2.05) is 36.4 Å². The van der Waals surface area contributed by atoms with Crippen LogP contribution in [0.2, 0.25) is 0 Å². The SMILES string of the molecule is CN(C)Cc1c(Br)cccc1OCc1ccccc1. The third-order valence-corrected chi connectivity index (χ3v) is 3.53. The first-order valence-corrected chi connectivity index (χ1v) is 7.05. The molecule has 0 heterocycles. The Morgan fingerprint density at radius 2 is 1.74 bits per heavy atom. The fraction of sp³-hybridized carbons (Fsp3) is 0.250. The Morgan fingerprint density at radius 1 is 1.00 bits per heavy atom. The van der Waals surface area contributed by atoms with Crippen molar-refractivity contribution in [1.82, 2.24) is 4.90 Å². The molecule has 0 saturated carbocycles. The van der Waals surface area contributed by atoms with Gasteiger partial charge in [-0.25, -0.2) is 0 Å². The van der Waals surface area contributed by atoms with Crippen LogP contribution in [0.3, 0.4) is 0 Å². The fourth-order valence-corrected chi connectivity index (χ4v) is 2.35. The minimum atomic E-state index is 0.595. The molecule has 0 aromatic heterocycles. The minimum Gasteiger partial charge on any atom is -0.489 e. The maximum absolute atomic E-state index is 5.95. The Labute approximate surface area is 123 Å². The Kier molecular flexibility index (Phi) is 5.00. The first-order valence-electron chi connectivity index (χ1n) is 6.25. The Morgan fingerprint density at radius 3 is 2.42 bits per heavy atom. The van der Waals surface area contributed by atoms with Crippen LogP contribution in [0.1, 0.15) is 11.1 Å². The van der Waals surface area contributed by atoms with Gasteiger partial charge in [0.25, 0.3) is 0 Å². The molecule has 0 unspecified atom stereocenters. The lowest BCUT2D eigenvalue weighted by Crippen LogP contribution is -2.12. The maximum Gasteiger partial charge on any atom is 0.125 e. The van der Waals surface area contributed by atoms with Gasteiger partial charge >= 0.3 is 0 Å². The highest BCUT2D eigenvalue weighted by Crippen LogP contribution is 2.28. The van der Waals surface area contributed by atoms with Crippen molar-refractivity contribution in [3.05, 3.63) is 64.1 Å². The molecule has 2 rings (SSSR count). The second-order valence-electron chi connectivity index (χ2n) is 4.73. The Bertz CT molecular complexity index is 526. The molecule has 0 amide bonds. The van der Waals surface area contributed by atoms with Crippen LogP contribution >= 0.6 is 15.9 Å². The second-order valence-corrected chi connectivity index (χ2v) is 5.58. The van der Waals surface area contributed by atoms with Gasteiger partial charge in [0, 0.05) is 16.6 Å².